The van der Waals surface area contributed by atoms with Crippen molar-refractivity contribution in [1.29, 1.82) is 0 Å². The molecule has 2 fully saturated rings. The average molecular weight is 601 g/mol. The highest BCUT2D eigenvalue weighted by atomic mass is 16.5. The molecule has 1 aromatic heterocycles. The van der Waals surface area contributed by atoms with Crippen LogP contribution in [-0.2, 0) is 9.53 Å². The van der Waals surface area contributed by atoms with Crippen LogP contribution in [0, 0.1) is 25.7 Å². The van der Waals surface area contributed by atoms with Gasteiger partial charge in [0, 0.05) is 11.7 Å². The lowest BCUT2D eigenvalue weighted by Gasteiger charge is -2.38. The van der Waals surface area contributed by atoms with Gasteiger partial charge in [-0.3, -0.25) is 9.78 Å². The molecule has 242 valence electrons. The standard InChI is InChI=1S/C17H20N2.C17H24.C2H4O2.2C2H6/c1-5-8-14-11-17(19-13(4)15(14)6-2)16-10-7-9-12(3)18-16;1-13-5-2-3-8-17(13)16-11-9-15(10-12-16)14-6-4-7-14;1-4-2-3;2*1-2/h5-11,13,19H,2H2,1,3-4H3;2-3,5,8,14-16H,4,6-7,9-12H2,1H3;2H,1H3;2*1-2H3/b8-5-;;;;. The monoisotopic (exact) mass is 600 g/mol. The molecule has 0 radical (unpaired) electrons. The minimum absolute atomic E-state index is 0.242. The Kier molecular flexibility index (Phi) is 19.5. The maximum atomic E-state index is 8.95. The number of carbonyl (C=O) groups is 1. The maximum Gasteiger partial charge on any atom is 0.292 e. The topological polar surface area (TPSA) is 51.2 Å². The third-order valence-corrected chi connectivity index (χ3v) is 8.51. The van der Waals surface area contributed by atoms with Crippen molar-refractivity contribution in [2.75, 3.05) is 7.11 Å². The van der Waals surface area contributed by atoms with Crippen LogP contribution in [0.1, 0.15) is 115 Å². The van der Waals surface area contributed by atoms with E-state index in [0.717, 1.165) is 34.8 Å². The van der Waals surface area contributed by atoms with Crippen molar-refractivity contribution < 1.29 is 9.53 Å². The summed E-state index contributed by atoms with van der Waals surface area (Å²) in [7, 11) is 1.31. The Morgan fingerprint density at radius 1 is 0.909 bits per heavy atom. The zero-order valence-electron chi connectivity index (χ0n) is 29.2. The van der Waals surface area contributed by atoms with E-state index in [1.807, 2.05) is 65.8 Å². The van der Waals surface area contributed by atoms with Crippen LogP contribution in [0.4, 0.5) is 0 Å². The summed E-state index contributed by atoms with van der Waals surface area (Å²) < 4.78 is 3.86. The van der Waals surface area contributed by atoms with Crippen LogP contribution in [0.3, 0.4) is 0 Å². The molecule has 2 aliphatic carbocycles. The smallest absolute Gasteiger partial charge is 0.292 e. The molecule has 1 atom stereocenters. The van der Waals surface area contributed by atoms with E-state index in [9.17, 15) is 0 Å². The molecule has 0 spiro atoms. The third kappa shape index (κ3) is 11.9. The number of pyridine rings is 1. The van der Waals surface area contributed by atoms with Gasteiger partial charge in [0.2, 0.25) is 0 Å². The lowest BCUT2D eigenvalue weighted by molar-refractivity contribution is -0.126. The number of dihydropyridines is 1. The van der Waals surface area contributed by atoms with Crippen molar-refractivity contribution >= 4 is 12.2 Å². The second-order valence-corrected chi connectivity index (χ2v) is 11.2. The summed E-state index contributed by atoms with van der Waals surface area (Å²) in [5, 5.41) is 3.48. The maximum absolute atomic E-state index is 8.95. The van der Waals surface area contributed by atoms with Gasteiger partial charge in [0.15, 0.2) is 0 Å². The molecule has 1 unspecified atom stereocenters. The van der Waals surface area contributed by atoms with Crippen molar-refractivity contribution in [2.45, 2.75) is 112 Å². The Morgan fingerprint density at radius 3 is 2.02 bits per heavy atom. The van der Waals surface area contributed by atoms with Gasteiger partial charge in [-0.15, -0.1) is 0 Å². The molecule has 0 amide bonds. The fraction of sp³-hybridized carbons (Fsp3) is 0.500. The number of benzene rings is 1. The summed E-state index contributed by atoms with van der Waals surface area (Å²) in [4.78, 5) is 13.5. The van der Waals surface area contributed by atoms with E-state index in [-0.39, 0.29) is 6.04 Å². The quantitative estimate of drug-likeness (QED) is 0.335. The van der Waals surface area contributed by atoms with Gasteiger partial charge >= 0.3 is 0 Å². The van der Waals surface area contributed by atoms with Gasteiger partial charge < -0.3 is 10.1 Å². The fourth-order valence-corrected chi connectivity index (χ4v) is 6.16. The van der Waals surface area contributed by atoms with Crippen LogP contribution in [-0.4, -0.2) is 24.6 Å². The highest BCUT2D eigenvalue weighted by molar-refractivity contribution is 5.69. The van der Waals surface area contributed by atoms with Gasteiger partial charge in [-0.1, -0.05) is 102 Å². The van der Waals surface area contributed by atoms with Gasteiger partial charge in [0.05, 0.1) is 18.5 Å². The number of nitrogens with one attached hydrogen (secondary N) is 1. The second-order valence-electron chi connectivity index (χ2n) is 11.2. The Hall–Kier alpha value is -3.40. The molecule has 2 heterocycles. The van der Waals surface area contributed by atoms with E-state index in [2.05, 4.69) is 78.0 Å². The fourth-order valence-electron chi connectivity index (χ4n) is 6.16. The number of aryl methyl sites for hydroxylation is 2. The molecule has 5 rings (SSSR count). The van der Waals surface area contributed by atoms with Crippen LogP contribution in [0.25, 0.3) is 5.70 Å². The summed E-state index contributed by atoms with van der Waals surface area (Å²) in [5.41, 5.74) is 8.61. The molecule has 1 aromatic carbocycles. The Labute approximate surface area is 269 Å². The SMILES string of the molecule is C=CC1=C(/C=C\C)C=C(c2cccc(C)n2)NC1C.CC.CC.COC=O.Cc1ccccc1C1CCC(C2CCC2)CC1. The summed E-state index contributed by atoms with van der Waals surface area (Å²) >= 11 is 0. The molecule has 2 aromatic rings. The van der Waals surface area contributed by atoms with Crippen molar-refractivity contribution in [2.24, 2.45) is 11.8 Å². The molecule has 0 bridgehead atoms. The zero-order valence-corrected chi connectivity index (χ0v) is 29.2. The normalized spacial score (nSPS) is 20.7. The van der Waals surface area contributed by atoms with Gasteiger partial charge in [0.1, 0.15) is 0 Å². The van der Waals surface area contributed by atoms with Crippen molar-refractivity contribution in [3.05, 3.63) is 107 Å². The first-order chi connectivity index (χ1) is 21.4. The first kappa shape index (κ1) is 38.6. The number of aromatic nitrogens is 1. The number of nitrogens with zero attached hydrogens (tertiary/aromatic N) is 1. The summed E-state index contributed by atoms with van der Waals surface area (Å²) in [6, 6.07) is 15.3. The Balaban J connectivity index is 0.000000358. The number of methoxy groups -OCH3 is 1. The second kappa shape index (κ2) is 22.2. The predicted molar refractivity (Wildman–Crippen MR) is 191 cm³/mol. The number of ether oxygens (including phenoxy) is 1. The van der Waals surface area contributed by atoms with E-state index in [1.54, 1.807) is 5.56 Å². The molecule has 1 N–H and O–H groups in total. The van der Waals surface area contributed by atoms with E-state index in [1.165, 1.54) is 68.8 Å². The average Bonchev–Trinajstić information content (AvgIpc) is 3.03. The van der Waals surface area contributed by atoms with E-state index in [4.69, 9.17) is 4.79 Å². The highest BCUT2D eigenvalue weighted by Crippen LogP contribution is 2.45. The lowest BCUT2D eigenvalue weighted by atomic mass is 9.67. The van der Waals surface area contributed by atoms with E-state index < -0.39 is 0 Å². The first-order valence-electron chi connectivity index (χ1n) is 16.8. The number of hydrogen-bond donors (Lipinski definition) is 1. The Morgan fingerprint density at radius 2 is 1.52 bits per heavy atom. The third-order valence-electron chi connectivity index (χ3n) is 8.51. The molecule has 4 heteroatoms. The number of hydrogen-bond acceptors (Lipinski definition) is 4. The van der Waals surface area contributed by atoms with Crippen molar-refractivity contribution in [1.82, 2.24) is 10.3 Å². The van der Waals surface area contributed by atoms with Crippen LogP contribution in [0.5, 0.6) is 0 Å². The number of rotatable bonds is 6. The number of carbonyl (C=O) groups excluding carboxylic acids is 1. The summed E-state index contributed by atoms with van der Waals surface area (Å²) in [6.45, 7) is 20.7. The largest absolute Gasteiger partial charge is 0.471 e. The van der Waals surface area contributed by atoms with Crippen LogP contribution < -0.4 is 5.32 Å². The highest BCUT2D eigenvalue weighted by Gasteiger charge is 2.31. The molecule has 2 saturated carbocycles. The molecule has 3 aliphatic rings. The summed E-state index contributed by atoms with van der Waals surface area (Å²) in [6.07, 6.45) is 18.6. The van der Waals surface area contributed by atoms with Gasteiger partial charge in [-0.25, -0.2) is 0 Å². The van der Waals surface area contributed by atoms with Crippen molar-refractivity contribution in [3.63, 3.8) is 0 Å². The molecule has 0 saturated heterocycles. The van der Waals surface area contributed by atoms with Crippen LogP contribution >= 0.6 is 0 Å². The van der Waals surface area contributed by atoms with Crippen molar-refractivity contribution in [3.8, 4) is 0 Å². The van der Waals surface area contributed by atoms with Crippen LogP contribution in [0.15, 0.2) is 84.5 Å². The first-order valence-corrected chi connectivity index (χ1v) is 16.8. The van der Waals surface area contributed by atoms with Gasteiger partial charge in [0.25, 0.3) is 6.47 Å². The molecular formula is C40H60N2O2. The lowest BCUT2D eigenvalue weighted by Crippen LogP contribution is -2.30. The summed E-state index contributed by atoms with van der Waals surface area (Å²) in [5.74, 6) is 3.03. The molecule has 44 heavy (non-hydrogen) atoms. The minimum atomic E-state index is 0.242. The zero-order chi connectivity index (χ0) is 32.9. The van der Waals surface area contributed by atoms with Gasteiger partial charge in [-0.2, -0.15) is 0 Å². The molecule has 4 nitrogen and oxygen atoms in total. The Bertz CT molecular complexity index is 1200. The molecule has 1 aliphatic heterocycles. The van der Waals surface area contributed by atoms with Gasteiger partial charge in [-0.05, 0) is 112 Å². The predicted octanol–water partition coefficient (Wildman–Crippen LogP) is 10.7. The minimum Gasteiger partial charge on any atom is -0.471 e. The number of allylic oxidation sites excluding steroid dienone is 4. The van der Waals surface area contributed by atoms with E-state index in [0.29, 0.717) is 6.47 Å². The molecular weight excluding hydrogens is 540 g/mol. The van der Waals surface area contributed by atoms with E-state index >= 15 is 0 Å². The van der Waals surface area contributed by atoms with Crippen LogP contribution in [0.2, 0.25) is 0 Å².